The summed E-state index contributed by atoms with van der Waals surface area (Å²) in [6.45, 7) is 10.8. The lowest BCUT2D eigenvalue weighted by molar-refractivity contribution is -0.112. The molecule has 180 valence electrons. The van der Waals surface area contributed by atoms with Gasteiger partial charge in [-0.1, -0.05) is 24.3 Å². The third kappa shape index (κ3) is 6.74. The largest absolute Gasteiger partial charge is 0.490 e. The van der Waals surface area contributed by atoms with Gasteiger partial charge in [0, 0.05) is 5.69 Å². The lowest BCUT2D eigenvalue weighted by Gasteiger charge is -2.15. The number of nitrogens with one attached hydrogen (secondary N) is 1. The fourth-order valence-electron chi connectivity index (χ4n) is 3.46. The maximum Gasteiger partial charge on any atom is 0.266 e. The highest BCUT2D eigenvalue weighted by Crippen LogP contribution is 2.38. The number of nitrogens with zero attached hydrogens (tertiary/aromatic N) is 1. The van der Waals surface area contributed by atoms with E-state index < -0.39 is 5.91 Å². The van der Waals surface area contributed by atoms with E-state index in [0.717, 1.165) is 16.7 Å². The monoisotopic (exact) mass is 532 g/mol. The highest BCUT2D eigenvalue weighted by molar-refractivity contribution is 9.10. The van der Waals surface area contributed by atoms with Crippen molar-refractivity contribution in [1.29, 1.82) is 5.26 Å². The van der Waals surface area contributed by atoms with E-state index >= 15 is 0 Å². The molecule has 0 aliphatic rings. The number of halogens is 1. The second kappa shape index (κ2) is 11.7. The first kappa shape index (κ1) is 26.1. The Hall–Kier alpha value is -3.56. The van der Waals surface area contributed by atoms with Crippen molar-refractivity contribution in [2.75, 3.05) is 11.9 Å². The average Bonchev–Trinajstić information content (AvgIpc) is 2.81. The van der Waals surface area contributed by atoms with Crippen LogP contribution in [0.25, 0.3) is 6.08 Å². The summed E-state index contributed by atoms with van der Waals surface area (Å²) in [5.41, 5.74) is 6.97. The zero-order chi connectivity index (χ0) is 25.5. The van der Waals surface area contributed by atoms with Crippen molar-refractivity contribution >= 4 is 33.6 Å². The summed E-state index contributed by atoms with van der Waals surface area (Å²) in [6.07, 6.45) is 1.54. The summed E-state index contributed by atoms with van der Waals surface area (Å²) < 4.78 is 12.6. The number of amides is 1. The molecular weight excluding hydrogens is 504 g/mol. The lowest BCUT2D eigenvalue weighted by atomic mass is 10.1. The van der Waals surface area contributed by atoms with Gasteiger partial charge in [-0.25, -0.2) is 0 Å². The Morgan fingerprint density at radius 3 is 2.29 bits per heavy atom. The topological polar surface area (TPSA) is 71.3 Å². The molecule has 6 heteroatoms. The SMILES string of the molecule is CCOc1cc(/C=C(\C#N)C(=O)Nc2ccc(C)c(C)c2)cc(Br)c1OCc1ccc(C)c(C)c1. The van der Waals surface area contributed by atoms with Gasteiger partial charge in [0.05, 0.1) is 11.1 Å². The van der Waals surface area contributed by atoms with Crippen molar-refractivity contribution in [1.82, 2.24) is 0 Å². The molecule has 0 saturated heterocycles. The van der Waals surface area contributed by atoms with Gasteiger partial charge in [-0.15, -0.1) is 0 Å². The van der Waals surface area contributed by atoms with E-state index in [1.54, 1.807) is 12.1 Å². The van der Waals surface area contributed by atoms with Crippen molar-refractivity contribution in [2.24, 2.45) is 0 Å². The zero-order valence-electron chi connectivity index (χ0n) is 20.7. The van der Waals surface area contributed by atoms with Gasteiger partial charge in [0.1, 0.15) is 18.2 Å². The van der Waals surface area contributed by atoms with Gasteiger partial charge in [0.2, 0.25) is 0 Å². The van der Waals surface area contributed by atoms with Gasteiger partial charge in [-0.05, 0) is 114 Å². The molecule has 5 nitrogen and oxygen atoms in total. The van der Waals surface area contributed by atoms with Gasteiger partial charge in [0.25, 0.3) is 5.91 Å². The Bertz CT molecular complexity index is 1320. The van der Waals surface area contributed by atoms with Gasteiger partial charge in [0.15, 0.2) is 11.5 Å². The molecule has 35 heavy (non-hydrogen) atoms. The minimum atomic E-state index is -0.472. The molecule has 3 rings (SSSR count). The quantitative estimate of drug-likeness (QED) is 0.245. The lowest BCUT2D eigenvalue weighted by Crippen LogP contribution is -2.13. The van der Waals surface area contributed by atoms with Crippen molar-refractivity contribution in [3.8, 4) is 17.6 Å². The van der Waals surface area contributed by atoms with E-state index in [9.17, 15) is 10.1 Å². The summed E-state index contributed by atoms with van der Waals surface area (Å²) in [6, 6.07) is 17.4. The second-order valence-corrected chi connectivity index (χ2v) is 9.25. The molecule has 0 saturated carbocycles. The Morgan fingerprint density at radius 1 is 0.971 bits per heavy atom. The van der Waals surface area contributed by atoms with Crippen LogP contribution in [0.15, 0.2) is 58.6 Å². The van der Waals surface area contributed by atoms with Crippen LogP contribution in [0.1, 0.15) is 40.3 Å². The van der Waals surface area contributed by atoms with E-state index in [0.29, 0.717) is 40.4 Å². The molecule has 3 aromatic rings. The molecule has 3 aromatic carbocycles. The molecule has 0 unspecified atom stereocenters. The molecule has 0 heterocycles. The van der Waals surface area contributed by atoms with Crippen LogP contribution in [0.4, 0.5) is 5.69 Å². The Balaban J connectivity index is 1.85. The van der Waals surface area contributed by atoms with Crippen LogP contribution in [0.2, 0.25) is 0 Å². The number of aryl methyl sites for hydroxylation is 4. The van der Waals surface area contributed by atoms with Crippen LogP contribution in [0.5, 0.6) is 11.5 Å². The third-order valence-corrected chi connectivity index (χ3v) is 6.32. The predicted octanol–water partition coefficient (Wildman–Crippen LogP) is 7.21. The normalized spacial score (nSPS) is 11.1. The average molecular weight is 533 g/mol. The fraction of sp³-hybridized carbons (Fsp3) is 0.241. The number of rotatable bonds is 8. The zero-order valence-corrected chi connectivity index (χ0v) is 22.2. The third-order valence-electron chi connectivity index (χ3n) is 5.73. The minimum Gasteiger partial charge on any atom is -0.490 e. The molecular formula is C29H29BrN2O3. The van der Waals surface area contributed by atoms with Crippen molar-refractivity contribution in [3.05, 3.63) is 92.0 Å². The smallest absolute Gasteiger partial charge is 0.266 e. The maximum atomic E-state index is 12.7. The number of anilines is 1. The predicted molar refractivity (Wildman–Crippen MR) is 144 cm³/mol. The molecule has 0 atom stereocenters. The van der Waals surface area contributed by atoms with Crippen LogP contribution in [0.3, 0.4) is 0 Å². The summed E-state index contributed by atoms with van der Waals surface area (Å²) in [4.78, 5) is 12.7. The van der Waals surface area contributed by atoms with Crippen LogP contribution < -0.4 is 14.8 Å². The number of hydrogen-bond donors (Lipinski definition) is 1. The highest BCUT2D eigenvalue weighted by atomic mass is 79.9. The highest BCUT2D eigenvalue weighted by Gasteiger charge is 2.15. The molecule has 0 aliphatic carbocycles. The van der Waals surface area contributed by atoms with Gasteiger partial charge in [-0.2, -0.15) is 5.26 Å². The van der Waals surface area contributed by atoms with Crippen molar-refractivity contribution in [2.45, 2.75) is 41.2 Å². The Morgan fingerprint density at radius 2 is 1.66 bits per heavy atom. The summed E-state index contributed by atoms with van der Waals surface area (Å²) >= 11 is 3.57. The number of carbonyl (C=O) groups is 1. The van der Waals surface area contributed by atoms with Gasteiger partial charge >= 0.3 is 0 Å². The summed E-state index contributed by atoms with van der Waals surface area (Å²) in [5, 5.41) is 12.4. The molecule has 0 radical (unpaired) electrons. The molecule has 0 fully saturated rings. The second-order valence-electron chi connectivity index (χ2n) is 8.39. The number of benzene rings is 3. The van der Waals surface area contributed by atoms with Crippen LogP contribution in [-0.4, -0.2) is 12.5 Å². The number of carbonyl (C=O) groups excluding carboxylic acids is 1. The van der Waals surface area contributed by atoms with E-state index in [4.69, 9.17) is 9.47 Å². The van der Waals surface area contributed by atoms with Crippen molar-refractivity contribution in [3.63, 3.8) is 0 Å². The molecule has 0 spiro atoms. The molecule has 1 N–H and O–H groups in total. The molecule has 0 bridgehead atoms. The van der Waals surface area contributed by atoms with Crippen LogP contribution in [-0.2, 0) is 11.4 Å². The standard InChI is InChI=1S/C29H29BrN2O3/c1-6-34-27-15-23(13-24(16-31)29(33)32-25-10-8-19(3)21(5)12-25)14-26(30)28(27)35-17-22-9-7-18(2)20(4)11-22/h7-15H,6,17H2,1-5H3,(H,32,33)/b24-13+. The first-order valence-electron chi connectivity index (χ1n) is 11.4. The Kier molecular flexibility index (Phi) is 8.73. The first-order valence-corrected chi connectivity index (χ1v) is 12.2. The van der Waals surface area contributed by atoms with E-state index in [1.807, 2.05) is 51.1 Å². The van der Waals surface area contributed by atoms with E-state index in [1.165, 1.54) is 17.2 Å². The summed E-state index contributed by atoms with van der Waals surface area (Å²) in [7, 11) is 0. The van der Waals surface area contributed by atoms with Crippen LogP contribution in [0, 0.1) is 39.0 Å². The Labute approximate surface area is 215 Å². The number of hydrogen-bond acceptors (Lipinski definition) is 4. The minimum absolute atomic E-state index is 0.0126. The molecule has 0 aliphatic heterocycles. The van der Waals surface area contributed by atoms with Crippen LogP contribution >= 0.6 is 15.9 Å². The van der Waals surface area contributed by atoms with E-state index in [2.05, 4.69) is 47.2 Å². The molecule has 1 amide bonds. The van der Waals surface area contributed by atoms with Gasteiger partial charge in [-0.3, -0.25) is 4.79 Å². The van der Waals surface area contributed by atoms with E-state index in [-0.39, 0.29) is 5.57 Å². The van der Waals surface area contributed by atoms with Crippen molar-refractivity contribution < 1.29 is 14.3 Å². The number of ether oxygens (including phenoxy) is 2. The maximum absolute atomic E-state index is 12.7. The summed E-state index contributed by atoms with van der Waals surface area (Å²) in [5.74, 6) is 0.629. The fourth-order valence-corrected chi connectivity index (χ4v) is 4.03. The number of nitriles is 1. The molecule has 0 aromatic heterocycles. The first-order chi connectivity index (χ1) is 16.7. The van der Waals surface area contributed by atoms with Gasteiger partial charge < -0.3 is 14.8 Å².